The van der Waals surface area contributed by atoms with Crippen molar-refractivity contribution in [3.8, 4) is 17.0 Å². The average molecular weight is 452 g/mol. The van der Waals surface area contributed by atoms with Gasteiger partial charge in [0.25, 0.3) is 0 Å². The molecular weight excluding hydrogens is 432 g/mol. The van der Waals surface area contributed by atoms with Gasteiger partial charge >= 0.3 is 6.18 Å². The Kier molecular flexibility index (Phi) is 5.36. The number of ether oxygens (including phenoxy) is 2. The van der Waals surface area contributed by atoms with E-state index in [0.29, 0.717) is 5.56 Å². The van der Waals surface area contributed by atoms with Crippen molar-refractivity contribution in [3.63, 3.8) is 0 Å². The molecule has 6 nitrogen and oxygen atoms in total. The summed E-state index contributed by atoms with van der Waals surface area (Å²) >= 11 is 0. The average Bonchev–Trinajstić information content (AvgIpc) is 2.73. The molecule has 4 rings (SSSR count). The maximum absolute atomic E-state index is 13.8. The Hall–Kier alpha value is -3.14. The van der Waals surface area contributed by atoms with Crippen molar-refractivity contribution in [3.05, 3.63) is 70.0 Å². The van der Waals surface area contributed by atoms with Gasteiger partial charge in [-0.3, -0.25) is 9.78 Å². The summed E-state index contributed by atoms with van der Waals surface area (Å²) in [5.41, 5.74) is -1.82. The molecule has 0 aromatic heterocycles. The summed E-state index contributed by atoms with van der Waals surface area (Å²) < 4.78 is 66.4. The summed E-state index contributed by atoms with van der Waals surface area (Å²) in [6, 6.07) is 6.32. The van der Waals surface area contributed by atoms with E-state index in [9.17, 15) is 27.6 Å². The molecule has 3 aliphatic rings. The number of halogens is 4. The lowest BCUT2D eigenvalue weighted by atomic mass is 9.74. The number of hydrogen-bond acceptors (Lipinski definition) is 5. The molecule has 170 valence electrons. The zero-order valence-electron chi connectivity index (χ0n) is 17.2. The highest BCUT2D eigenvalue weighted by molar-refractivity contribution is 5.59. The molecule has 3 heterocycles. The normalized spacial score (nSPS) is 23.9. The lowest BCUT2D eigenvalue weighted by Crippen LogP contribution is -2.51. The fourth-order valence-corrected chi connectivity index (χ4v) is 4.16. The monoisotopic (exact) mass is 452 g/mol. The van der Waals surface area contributed by atoms with E-state index >= 15 is 0 Å². The van der Waals surface area contributed by atoms with E-state index < -0.39 is 41.3 Å². The quantitative estimate of drug-likeness (QED) is 0.473. The number of methoxy groups -OCH3 is 1. The zero-order valence-corrected chi connectivity index (χ0v) is 17.2. The van der Waals surface area contributed by atoms with Crippen LogP contribution in [0.5, 0.6) is 5.75 Å². The second-order valence-corrected chi connectivity index (χ2v) is 8.01. The summed E-state index contributed by atoms with van der Waals surface area (Å²) in [4.78, 5) is 17.1. The molecule has 0 spiro atoms. The molecule has 3 aliphatic heterocycles. The number of rotatable bonds is 3. The maximum Gasteiger partial charge on any atom is 0.417 e. The summed E-state index contributed by atoms with van der Waals surface area (Å²) in [5, 5.41) is 9.56. The van der Waals surface area contributed by atoms with Crippen LogP contribution in [0.15, 0.2) is 47.5 Å². The fourth-order valence-electron chi connectivity index (χ4n) is 4.16. The third-order valence-corrected chi connectivity index (χ3v) is 5.97. The SMILES string of the molecule is COc1cc(F)ccc1[C@@H]1C[C@](C)(C(F)(F)F)OC[C@H]1c1cc(=O)c2cn(O)ccc-2n1. The molecule has 32 heavy (non-hydrogen) atoms. The van der Waals surface area contributed by atoms with E-state index in [1.165, 1.54) is 37.7 Å². The second kappa shape index (κ2) is 7.77. The van der Waals surface area contributed by atoms with Crippen molar-refractivity contribution in [2.24, 2.45) is 0 Å². The van der Waals surface area contributed by atoms with Gasteiger partial charge in [0.1, 0.15) is 11.6 Å². The van der Waals surface area contributed by atoms with Crippen LogP contribution in [0.25, 0.3) is 11.3 Å². The number of pyridine rings is 2. The van der Waals surface area contributed by atoms with Crippen molar-refractivity contribution >= 4 is 0 Å². The predicted molar refractivity (Wildman–Crippen MR) is 106 cm³/mol. The first-order chi connectivity index (χ1) is 15.0. The van der Waals surface area contributed by atoms with Gasteiger partial charge in [0, 0.05) is 30.2 Å². The summed E-state index contributed by atoms with van der Waals surface area (Å²) in [6.07, 6.45) is -2.62. The Morgan fingerprint density at radius 3 is 2.69 bits per heavy atom. The lowest BCUT2D eigenvalue weighted by Gasteiger charge is -2.43. The highest BCUT2D eigenvalue weighted by Crippen LogP contribution is 2.51. The smallest absolute Gasteiger partial charge is 0.417 e. The largest absolute Gasteiger partial charge is 0.496 e. The molecule has 0 saturated carbocycles. The van der Waals surface area contributed by atoms with E-state index in [1.54, 1.807) is 0 Å². The zero-order chi connectivity index (χ0) is 23.3. The lowest BCUT2D eigenvalue weighted by molar-refractivity contribution is -0.286. The molecule has 1 aromatic carbocycles. The van der Waals surface area contributed by atoms with Crippen LogP contribution in [-0.2, 0) is 4.74 Å². The highest BCUT2D eigenvalue weighted by atomic mass is 19.4. The standard InChI is InChI=1S/C22H20F4N2O4/c1-21(22(24,25)26)9-14(13-4-3-12(23)7-20(13)31-2)16(11-32-21)18-8-19(29)15-10-28(30)6-5-17(15)27-18/h3-8,10,14,16,30H,9,11H2,1-2H3/t14-,16+,21+/m0/s1. The van der Waals surface area contributed by atoms with E-state index in [0.717, 1.165) is 23.8 Å². The maximum atomic E-state index is 13.8. The van der Waals surface area contributed by atoms with Gasteiger partial charge in [0.15, 0.2) is 11.0 Å². The molecule has 1 aromatic rings. The Morgan fingerprint density at radius 1 is 1.25 bits per heavy atom. The number of hydrogen-bond donors (Lipinski definition) is 1. The van der Waals surface area contributed by atoms with Gasteiger partial charge in [0.2, 0.25) is 0 Å². The van der Waals surface area contributed by atoms with E-state index in [1.807, 2.05) is 0 Å². The predicted octanol–water partition coefficient (Wildman–Crippen LogP) is 4.34. The molecule has 1 N–H and O–H groups in total. The fraction of sp³-hybridized carbons (Fsp3) is 0.364. The summed E-state index contributed by atoms with van der Waals surface area (Å²) in [6.45, 7) is 0.616. The number of nitrogens with zero attached hydrogens (tertiary/aromatic N) is 2. The van der Waals surface area contributed by atoms with Gasteiger partial charge in [-0.05, 0) is 31.0 Å². The highest BCUT2D eigenvalue weighted by Gasteiger charge is 2.57. The van der Waals surface area contributed by atoms with Gasteiger partial charge in [-0.15, -0.1) is 0 Å². The van der Waals surface area contributed by atoms with Crippen LogP contribution >= 0.6 is 0 Å². The van der Waals surface area contributed by atoms with Crippen LogP contribution in [0.4, 0.5) is 17.6 Å². The van der Waals surface area contributed by atoms with E-state index in [4.69, 9.17) is 9.47 Å². The minimum atomic E-state index is -4.64. The van der Waals surface area contributed by atoms with Crippen molar-refractivity contribution < 1.29 is 32.2 Å². The van der Waals surface area contributed by atoms with Crippen molar-refractivity contribution in [1.29, 1.82) is 0 Å². The molecule has 1 fully saturated rings. The molecule has 10 heteroatoms. The first kappa shape index (κ1) is 22.1. The minimum absolute atomic E-state index is 0.107. The van der Waals surface area contributed by atoms with Gasteiger partial charge in [-0.1, -0.05) is 6.07 Å². The third-order valence-electron chi connectivity index (χ3n) is 5.97. The Morgan fingerprint density at radius 2 is 2.00 bits per heavy atom. The Labute approximate surface area is 180 Å². The van der Waals surface area contributed by atoms with Crippen LogP contribution in [0.3, 0.4) is 0 Å². The summed E-state index contributed by atoms with van der Waals surface area (Å²) in [5.74, 6) is -2.02. The molecule has 0 amide bonds. The Balaban J connectivity index is 1.86. The van der Waals surface area contributed by atoms with Gasteiger partial charge in [-0.25, -0.2) is 9.12 Å². The van der Waals surface area contributed by atoms with Crippen LogP contribution < -0.4 is 10.2 Å². The van der Waals surface area contributed by atoms with Crippen LogP contribution in [0.2, 0.25) is 0 Å². The van der Waals surface area contributed by atoms with E-state index in [2.05, 4.69) is 4.98 Å². The first-order valence-electron chi connectivity index (χ1n) is 9.79. The third kappa shape index (κ3) is 3.79. The summed E-state index contributed by atoms with van der Waals surface area (Å²) in [7, 11) is 1.31. The van der Waals surface area contributed by atoms with E-state index in [-0.39, 0.29) is 29.3 Å². The molecule has 0 aliphatic carbocycles. The second-order valence-electron chi connectivity index (χ2n) is 8.01. The van der Waals surface area contributed by atoms with Crippen LogP contribution in [0, 0.1) is 5.82 Å². The number of aromatic nitrogens is 2. The Bertz CT molecular complexity index is 1180. The minimum Gasteiger partial charge on any atom is -0.496 e. The van der Waals surface area contributed by atoms with Crippen molar-refractivity contribution in [2.45, 2.75) is 37.0 Å². The molecule has 0 unspecified atom stereocenters. The molecule has 3 atom stereocenters. The first-order valence-corrected chi connectivity index (χ1v) is 9.79. The van der Waals surface area contributed by atoms with Crippen LogP contribution in [0.1, 0.15) is 36.4 Å². The number of benzene rings is 1. The number of fused-ring (bicyclic) bond motifs is 1. The van der Waals surface area contributed by atoms with Gasteiger partial charge in [-0.2, -0.15) is 13.2 Å². The van der Waals surface area contributed by atoms with Crippen molar-refractivity contribution in [2.75, 3.05) is 13.7 Å². The van der Waals surface area contributed by atoms with Gasteiger partial charge in [0.05, 0.1) is 36.9 Å². The van der Waals surface area contributed by atoms with Crippen LogP contribution in [-0.4, -0.2) is 40.4 Å². The topological polar surface area (TPSA) is 73.6 Å². The molecule has 0 bridgehead atoms. The molecule has 0 radical (unpaired) electrons. The molecule has 1 saturated heterocycles. The van der Waals surface area contributed by atoms with Crippen molar-refractivity contribution in [1.82, 2.24) is 9.71 Å². The number of alkyl halides is 3. The molecular formula is C22H20F4N2O4. The van der Waals surface area contributed by atoms with Gasteiger partial charge < -0.3 is 14.7 Å².